The predicted molar refractivity (Wildman–Crippen MR) is 76.7 cm³/mol. The first kappa shape index (κ1) is 13.1. The van der Waals surface area contributed by atoms with Crippen molar-refractivity contribution in [1.82, 2.24) is 10.2 Å². The Labute approximate surface area is 112 Å². The highest BCUT2D eigenvalue weighted by molar-refractivity contribution is 6.03. The molecule has 100 valence electrons. The first-order chi connectivity index (χ1) is 9.10. The van der Waals surface area contributed by atoms with Crippen molar-refractivity contribution in [2.75, 3.05) is 24.3 Å². The minimum atomic E-state index is -0.153. The number of amides is 1. The van der Waals surface area contributed by atoms with Crippen molar-refractivity contribution in [2.24, 2.45) is 0 Å². The number of rotatable bonds is 4. The average molecular weight is 258 g/mol. The lowest BCUT2D eigenvalue weighted by atomic mass is 10.2. The van der Waals surface area contributed by atoms with Gasteiger partial charge in [0.2, 0.25) is 0 Å². The summed E-state index contributed by atoms with van der Waals surface area (Å²) in [5.74, 6) is 0.401. The van der Waals surface area contributed by atoms with E-state index in [9.17, 15) is 4.79 Å². The third-order valence-electron chi connectivity index (χ3n) is 2.90. The van der Waals surface area contributed by atoms with Gasteiger partial charge in [0.25, 0.3) is 5.91 Å². The summed E-state index contributed by atoms with van der Waals surface area (Å²) in [5, 5.41) is 9.66. The zero-order chi connectivity index (χ0) is 13.8. The molecule has 0 spiro atoms. The van der Waals surface area contributed by atoms with E-state index in [1.165, 1.54) is 0 Å². The Morgan fingerprint density at radius 1 is 1.32 bits per heavy atom. The van der Waals surface area contributed by atoms with Crippen molar-refractivity contribution >= 4 is 17.4 Å². The van der Waals surface area contributed by atoms with Crippen LogP contribution >= 0.6 is 0 Å². The molecule has 1 aromatic carbocycles. The highest BCUT2D eigenvalue weighted by Crippen LogP contribution is 2.14. The molecule has 1 heterocycles. The van der Waals surface area contributed by atoms with Gasteiger partial charge in [-0.1, -0.05) is 6.92 Å². The van der Waals surface area contributed by atoms with Crippen LogP contribution in [-0.4, -0.2) is 30.2 Å². The molecule has 0 bridgehead atoms. The molecule has 0 atom stereocenters. The van der Waals surface area contributed by atoms with Gasteiger partial charge in [0.1, 0.15) is 0 Å². The van der Waals surface area contributed by atoms with E-state index < -0.39 is 0 Å². The van der Waals surface area contributed by atoms with Crippen LogP contribution < -0.4 is 10.2 Å². The van der Waals surface area contributed by atoms with E-state index in [1.807, 2.05) is 44.1 Å². The number of aryl methyl sites for hydroxylation is 1. The maximum Gasteiger partial charge on any atom is 0.256 e. The number of H-pyrrole nitrogens is 1. The van der Waals surface area contributed by atoms with Crippen molar-refractivity contribution < 1.29 is 4.79 Å². The summed E-state index contributed by atoms with van der Waals surface area (Å²) in [6.07, 6.45) is 0.862. The molecule has 2 aromatic rings. The Hall–Kier alpha value is -2.30. The maximum absolute atomic E-state index is 12.0. The van der Waals surface area contributed by atoms with Gasteiger partial charge in [0.05, 0.1) is 0 Å². The van der Waals surface area contributed by atoms with Crippen LogP contribution in [0.15, 0.2) is 30.3 Å². The number of anilines is 2. The first-order valence-corrected chi connectivity index (χ1v) is 6.23. The highest BCUT2D eigenvalue weighted by atomic mass is 16.1. The number of hydrogen-bond acceptors (Lipinski definition) is 3. The normalized spacial score (nSPS) is 10.3. The van der Waals surface area contributed by atoms with Gasteiger partial charge in [-0.25, -0.2) is 0 Å². The van der Waals surface area contributed by atoms with Crippen LogP contribution in [0, 0.1) is 0 Å². The molecule has 5 heteroatoms. The predicted octanol–water partition coefficient (Wildman–Crippen LogP) is 2.29. The van der Waals surface area contributed by atoms with Gasteiger partial charge in [-0.2, -0.15) is 5.10 Å². The molecule has 0 saturated carbocycles. The first-order valence-electron chi connectivity index (χ1n) is 6.23. The monoisotopic (exact) mass is 258 g/mol. The van der Waals surface area contributed by atoms with Crippen LogP contribution in [0.3, 0.4) is 0 Å². The quantitative estimate of drug-likeness (QED) is 0.884. The molecule has 2 rings (SSSR count). The molecular weight excluding hydrogens is 240 g/mol. The Morgan fingerprint density at radius 3 is 2.53 bits per heavy atom. The van der Waals surface area contributed by atoms with Crippen molar-refractivity contribution in [3.63, 3.8) is 0 Å². The standard InChI is InChI=1S/C14H18N4O/c1-4-11-9-13(17-16-11)15-14(19)10-5-7-12(8-6-10)18(2)3/h5-9H,4H2,1-3H3,(H2,15,16,17,19). The molecule has 0 saturated heterocycles. The molecule has 19 heavy (non-hydrogen) atoms. The summed E-state index contributed by atoms with van der Waals surface area (Å²) in [6.45, 7) is 2.03. The number of aromatic amines is 1. The van der Waals surface area contributed by atoms with Crippen molar-refractivity contribution in [2.45, 2.75) is 13.3 Å². The Kier molecular flexibility index (Phi) is 3.85. The van der Waals surface area contributed by atoms with Crippen molar-refractivity contribution in [3.8, 4) is 0 Å². The van der Waals surface area contributed by atoms with Gasteiger partial charge in [0, 0.05) is 37.1 Å². The third kappa shape index (κ3) is 3.13. The molecule has 0 aliphatic heterocycles. The summed E-state index contributed by atoms with van der Waals surface area (Å²) < 4.78 is 0. The van der Waals surface area contributed by atoms with Crippen LogP contribution in [0.1, 0.15) is 23.0 Å². The molecule has 2 N–H and O–H groups in total. The molecule has 5 nitrogen and oxygen atoms in total. The second-order valence-electron chi connectivity index (χ2n) is 4.53. The van der Waals surface area contributed by atoms with Crippen LogP contribution in [0.25, 0.3) is 0 Å². The van der Waals surface area contributed by atoms with Gasteiger partial charge >= 0.3 is 0 Å². The molecule has 0 fully saturated rings. The fraction of sp³-hybridized carbons (Fsp3) is 0.286. The van der Waals surface area contributed by atoms with E-state index in [2.05, 4.69) is 15.5 Å². The van der Waals surface area contributed by atoms with Gasteiger partial charge in [-0.05, 0) is 30.7 Å². The summed E-state index contributed by atoms with van der Waals surface area (Å²) in [7, 11) is 3.93. The van der Waals surface area contributed by atoms with Crippen molar-refractivity contribution in [1.29, 1.82) is 0 Å². The average Bonchev–Trinajstić information content (AvgIpc) is 2.86. The van der Waals surface area contributed by atoms with Gasteiger partial charge in [-0.3, -0.25) is 9.89 Å². The fourth-order valence-electron chi connectivity index (χ4n) is 1.71. The van der Waals surface area contributed by atoms with E-state index in [4.69, 9.17) is 0 Å². The molecule has 0 aliphatic rings. The smallest absolute Gasteiger partial charge is 0.256 e. The Balaban J connectivity index is 2.07. The molecule has 1 aromatic heterocycles. The van der Waals surface area contributed by atoms with Gasteiger partial charge in [0.15, 0.2) is 5.82 Å². The van der Waals surface area contributed by atoms with Gasteiger partial charge in [-0.15, -0.1) is 0 Å². The summed E-state index contributed by atoms with van der Waals surface area (Å²) in [5.41, 5.74) is 2.68. The second-order valence-corrected chi connectivity index (χ2v) is 4.53. The lowest BCUT2D eigenvalue weighted by Crippen LogP contribution is -2.13. The van der Waals surface area contributed by atoms with Crippen LogP contribution in [-0.2, 0) is 6.42 Å². The Morgan fingerprint density at radius 2 is 2.00 bits per heavy atom. The summed E-state index contributed by atoms with van der Waals surface area (Å²) in [6, 6.07) is 9.27. The summed E-state index contributed by atoms with van der Waals surface area (Å²) >= 11 is 0. The largest absolute Gasteiger partial charge is 0.378 e. The SMILES string of the molecule is CCc1cc(NC(=O)c2ccc(N(C)C)cc2)n[nH]1. The van der Waals surface area contributed by atoms with E-state index in [-0.39, 0.29) is 5.91 Å². The zero-order valence-electron chi connectivity index (χ0n) is 11.4. The number of aromatic nitrogens is 2. The maximum atomic E-state index is 12.0. The van der Waals surface area contributed by atoms with E-state index in [0.29, 0.717) is 11.4 Å². The number of hydrogen-bond donors (Lipinski definition) is 2. The highest BCUT2D eigenvalue weighted by Gasteiger charge is 2.08. The van der Waals surface area contributed by atoms with Crippen LogP contribution in [0.5, 0.6) is 0 Å². The topological polar surface area (TPSA) is 61.0 Å². The van der Waals surface area contributed by atoms with E-state index in [1.54, 1.807) is 12.1 Å². The molecular formula is C14H18N4O. The molecule has 1 amide bonds. The summed E-state index contributed by atoms with van der Waals surface area (Å²) in [4.78, 5) is 14.0. The number of carbonyl (C=O) groups excluding carboxylic acids is 1. The number of nitrogens with one attached hydrogen (secondary N) is 2. The van der Waals surface area contributed by atoms with Crippen molar-refractivity contribution in [3.05, 3.63) is 41.6 Å². The van der Waals surface area contributed by atoms with Crippen LogP contribution in [0.4, 0.5) is 11.5 Å². The number of nitrogens with zero attached hydrogens (tertiary/aromatic N) is 2. The minimum Gasteiger partial charge on any atom is -0.378 e. The van der Waals surface area contributed by atoms with Crippen LogP contribution in [0.2, 0.25) is 0 Å². The lowest BCUT2D eigenvalue weighted by molar-refractivity contribution is 0.102. The van der Waals surface area contributed by atoms with E-state index >= 15 is 0 Å². The Bertz CT molecular complexity index is 557. The number of carbonyl (C=O) groups is 1. The molecule has 0 aliphatic carbocycles. The molecule has 0 unspecified atom stereocenters. The minimum absolute atomic E-state index is 0.153. The zero-order valence-corrected chi connectivity index (χ0v) is 11.4. The van der Waals surface area contributed by atoms with E-state index in [0.717, 1.165) is 17.8 Å². The third-order valence-corrected chi connectivity index (χ3v) is 2.90. The lowest BCUT2D eigenvalue weighted by Gasteiger charge is -2.12. The fourth-order valence-corrected chi connectivity index (χ4v) is 1.71. The molecule has 0 radical (unpaired) electrons. The van der Waals surface area contributed by atoms with Gasteiger partial charge < -0.3 is 10.2 Å². The number of benzene rings is 1. The second kappa shape index (κ2) is 5.56.